The first kappa shape index (κ1) is 28.6. The van der Waals surface area contributed by atoms with Crippen molar-refractivity contribution in [2.45, 2.75) is 6.92 Å². The van der Waals surface area contributed by atoms with E-state index in [1.165, 1.54) is 0 Å². The fraction of sp³-hybridized carbons (Fsp3) is 0.0732. The van der Waals surface area contributed by atoms with Gasteiger partial charge in [0.1, 0.15) is 5.84 Å². The quantitative estimate of drug-likeness (QED) is 0.151. The SMILES string of the molecule is CCN(C)C(=NC(=N)c1cc(-c2ccccc2)cc(-c2ccccc2)c1)c1cc(-c2ccccc2)cc(-c2ccccc2)c1. The number of nitrogens with zero attached hydrogens (tertiary/aromatic N) is 2. The van der Waals surface area contributed by atoms with Crippen LogP contribution in [0.2, 0.25) is 0 Å². The van der Waals surface area contributed by atoms with E-state index < -0.39 is 0 Å². The molecule has 0 aromatic heterocycles. The summed E-state index contributed by atoms with van der Waals surface area (Å²) >= 11 is 0. The zero-order valence-corrected chi connectivity index (χ0v) is 25.1. The van der Waals surface area contributed by atoms with Crippen LogP contribution in [-0.2, 0) is 0 Å². The van der Waals surface area contributed by atoms with Crippen molar-refractivity contribution in [1.82, 2.24) is 4.90 Å². The molecule has 6 aromatic rings. The van der Waals surface area contributed by atoms with Crippen molar-refractivity contribution >= 4 is 11.7 Å². The van der Waals surface area contributed by atoms with E-state index in [1.807, 2.05) is 55.6 Å². The predicted octanol–water partition coefficient (Wildman–Crippen LogP) is 10.1. The molecule has 0 saturated heterocycles. The van der Waals surface area contributed by atoms with Crippen molar-refractivity contribution in [2.24, 2.45) is 4.99 Å². The molecule has 0 atom stereocenters. The summed E-state index contributed by atoms with van der Waals surface area (Å²) in [6, 6.07) is 54.5. The van der Waals surface area contributed by atoms with Gasteiger partial charge in [-0.2, -0.15) is 0 Å². The van der Waals surface area contributed by atoms with Gasteiger partial charge in [0.05, 0.1) is 0 Å². The minimum atomic E-state index is 0.224. The van der Waals surface area contributed by atoms with Gasteiger partial charge in [0, 0.05) is 24.7 Å². The second-order valence-corrected chi connectivity index (χ2v) is 10.9. The Bertz CT molecular complexity index is 1780. The molecule has 0 amide bonds. The van der Waals surface area contributed by atoms with Gasteiger partial charge in [-0.1, -0.05) is 121 Å². The molecule has 3 heteroatoms. The van der Waals surface area contributed by atoms with Crippen molar-refractivity contribution in [2.75, 3.05) is 13.6 Å². The minimum Gasteiger partial charge on any atom is -0.359 e. The summed E-state index contributed by atoms with van der Waals surface area (Å²) in [4.78, 5) is 7.17. The maximum absolute atomic E-state index is 9.32. The normalized spacial score (nSPS) is 11.3. The van der Waals surface area contributed by atoms with Crippen LogP contribution < -0.4 is 0 Å². The lowest BCUT2D eigenvalue weighted by Crippen LogP contribution is -2.28. The average molecular weight is 570 g/mol. The molecule has 0 heterocycles. The molecule has 0 fully saturated rings. The number of benzene rings is 6. The Morgan fingerprint density at radius 1 is 0.477 bits per heavy atom. The predicted molar refractivity (Wildman–Crippen MR) is 186 cm³/mol. The average Bonchev–Trinajstić information content (AvgIpc) is 3.11. The molecule has 0 aliphatic heterocycles. The van der Waals surface area contributed by atoms with Crippen molar-refractivity contribution in [3.05, 3.63) is 169 Å². The van der Waals surface area contributed by atoms with Crippen LogP contribution in [-0.4, -0.2) is 30.2 Å². The molecule has 6 aromatic carbocycles. The molecule has 6 rings (SSSR count). The van der Waals surface area contributed by atoms with Crippen molar-refractivity contribution in [1.29, 1.82) is 5.41 Å². The van der Waals surface area contributed by atoms with Crippen LogP contribution in [0.25, 0.3) is 44.5 Å². The molecule has 214 valence electrons. The van der Waals surface area contributed by atoms with Gasteiger partial charge < -0.3 is 4.90 Å². The van der Waals surface area contributed by atoms with Gasteiger partial charge in [0.2, 0.25) is 0 Å². The Morgan fingerprint density at radius 3 is 1.11 bits per heavy atom. The van der Waals surface area contributed by atoms with Gasteiger partial charge in [-0.3, -0.25) is 5.41 Å². The van der Waals surface area contributed by atoms with E-state index in [0.717, 1.165) is 68.0 Å². The third-order valence-corrected chi connectivity index (χ3v) is 7.88. The lowest BCUT2D eigenvalue weighted by molar-refractivity contribution is 0.537. The second kappa shape index (κ2) is 13.2. The highest BCUT2D eigenvalue weighted by atomic mass is 15.2. The molecule has 0 radical (unpaired) electrons. The molecule has 44 heavy (non-hydrogen) atoms. The number of amidine groups is 2. The van der Waals surface area contributed by atoms with Crippen LogP contribution in [0.3, 0.4) is 0 Å². The second-order valence-electron chi connectivity index (χ2n) is 10.9. The Kier molecular flexibility index (Phi) is 8.56. The van der Waals surface area contributed by atoms with Crippen LogP contribution in [0.4, 0.5) is 0 Å². The standard InChI is InChI=1S/C41H35N3/c1-3-44(2)41(39-28-36(32-20-12-6-13-21-32)25-37(29-39)33-22-14-7-15-23-33)43-40(42)38-26-34(30-16-8-4-9-17-30)24-35(27-38)31-18-10-5-11-19-31/h4-29,42H,3H2,1-2H3. The topological polar surface area (TPSA) is 39.5 Å². The smallest absolute Gasteiger partial charge is 0.154 e. The maximum atomic E-state index is 9.32. The molecule has 1 N–H and O–H groups in total. The monoisotopic (exact) mass is 569 g/mol. The molecule has 0 saturated carbocycles. The Labute approximate surface area is 260 Å². The van der Waals surface area contributed by atoms with Crippen LogP contribution >= 0.6 is 0 Å². The molecular formula is C41H35N3. The van der Waals surface area contributed by atoms with E-state index in [1.54, 1.807) is 0 Å². The summed E-state index contributed by atoms with van der Waals surface area (Å²) in [5, 5.41) is 9.32. The fourth-order valence-corrected chi connectivity index (χ4v) is 5.40. The summed E-state index contributed by atoms with van der Waals surface area (Å²) in [6.07, 6.45) is 0. The Hall–Kier alpha value is -5.54. The highest BCUT2D eigenvalue weighted by molar-refractivity contribution is 6.11. The van der Waals surface area contributed by atoms with Crippen LogP contribution in [0.15, 0.2) is 163 Å². The van der Waals surface area contributed by atoms with Gasteiger partial charge >= 0.3 is 0 Å². The van der Waals surface area contributed by atoms with Crippen LogP contribution in [0, 0.1) is 5.41 Å². The summed E-state index contributed by atoms with van der Waals surface area (Å²) in [5.41, 5.74) is 10.6. The van der Waals surface area contributed by atoms with Crippen molar-refractivity contribution in [3.63, 3.8) is 0 Å². The van der Waals surface area contributed by atoms with Gasteiger partial charge in [-0.15, -0.1) is 0 Å². The third kappa shape index (κ3) is 6.43. The third-order valence-electron chi connectivity index (χ3n) is 7.88. The number of aliphatic imine (C=N–C) groups is 1. The van der Waals surface area contributed by atoms with Gasteiger partial charge in [0.25, 0.3) is 0 Å². The van der Waals surface area contributed by atoms with Gasteiger partial charge in [-0.25, -0.2) is 4.99 Å². The maximum Gasteiger partial charge on any atom is 0.154 e. The number of nitrogens with one attached hydrogen (secondary N) is 1. The van der Waals surface area contributed by atoms with Crippen molar-refractivity contribution in [3.8, 4) is 44.5 Å². The summed E-state index contributed by atoms with van der Waals surface area (Å²) in [5.74, 6) is 0.987. The highest BCUT2D eigenvalue weighted by Crippen LogP contribution is 2.31. The molecule has 0 unspecified atom stereocenters. The Morgan fingerprint density at radius 2 is 0.795 bits per heavy atom. The van der Waals surface area contributed by atoms with E-state index in [2.05, 4.69) is 121 Å². The summed E-state index contributed by atoms with van der Waals surface area (Å²) in [6.45, 7) is 2.86. The molecule has 0 bridgehead atoms. The lowest BCUT2D eigenvalue weighted by Gasteiger charge is -2.22. The first-order valence-electron chi connectivity index (χ1n) is 15.0. The van der Waals surface area contributed by atoms with E-state index in [-0.39, 0.29) is 5.84 Å². The van der Waals surface area contributed by atoms with Crippen LogP contribution in [0.5, 0.6) is 0 Å². The van der Waals surface area contributed by atoms with Gasteiger partial charge in [0.15, 0.2) is 5.84 Å². The van der Waals surface area contributed by atoms with E-state index in [4.69, 9.17) is 4.99 Å². The summed E-state index contributed by atoms with van der Waals surface area (Å²) in [7, 11) is 2.04. The minimum absolute atomic E-state index is 0.224. The van der Waals surface area contributed by atoms with Gasteiger partial charge in [-0.05, 0) is 87.8 Å². The van der Waals surface area contributed by atoms with Crippen molar-refractivity contribution < 1.29 is 0 Å². The largest absolute Gasteiger partial charge is 0.359 e. The highest BCUT2D eigenvalue weighted by Gasteiger charge is 2.16. The zero-order valence-electron chi connectivity index (χ0n) is 25.1. The van der Waals surface area contributed by atoms with E-state index in [0.29, 0.717) is 0 Å². The molecule has 0 aliphatic carbocycles. The number of hydrogen-bond donors (Lipinski definition) is 1. The first-order chi connectivity index (χ1) is 21.6. The summed E-state index contributed by atoms with van der Waals surface area (Å²) < 4.78 is 0. The van der Waals surface area contributed by atoms with E-state index >= 15 is 0 Å². The molecule has 0 spiro atoms. The number of hydrogen-bond acceptors (Lipinski definition) is 1. The lowest BCUT2D eigenvalue weighted by atomic mass is 9.95. The molecule has 0 aliphatic rings. The fourth-order valence-electron chi connectivity index (χ4n) is 5.40. The Balaban J connectivity index is 1.50. The molecular weight excluding hydrogens is 534 g/mol. The zero-order chi connectivity index (χ0) is 30.3. The number of rotatable bonds is 7. The van der Waals surface area contributed by atoms with Crippen LogP contribution in [0.1, 0.15) is 18.1 Å². The molecule has 3 nitrogen and oxygen atoms in total. The first-order valence-corrected chi connectivity index (χ1v) is 15.0. The van der Waals surface area contributed by atoms with E-state index in [9.17, 15) is 5.41 Å².